The zero-order valence-corrected chi connectivity index (χ0v) is 17.6. The maximum Gasteiger partial charge on any atom is 0.128 e. The number of hydrogen-bond acceptors (Lipinski definition) is 3. The molecule has 0 fully saturated rings. The van der Waals surface area contributed by atoms with Crippen LogP contribution in [0.15, 0.2) is 60.7 Å². The molecule has 29 heavy (non-hydrogen) atoms. The third-order valence-corrected chi connectivity index (χ3v) is 5.18. The molecule has 0 unspecified atom stereocenters. The smallest absolute Gasteiger partial charge is 0.128 e. The summed E-state index contributed by atoms with van der Waals surface area (Å²) in [6.07, 6.45) is 0. The molecule has 0 amide bonds. The molecule has 2 N–H and O–H groups in total. The SMILES string of the molecule is O=C([O-])c1ccc(C[NH2+]Cc2cc(Cl)ccc2OCc2ccc(Cl)cc2Cl)cc1. The van der Waals surface area contributed by atoms with Crippen molar-refractivity contribution < 1.29 is 20.0 Å². The molecular weight excluding hydrogens is 433 g/mol. The van der Waals surface area contributed by atoms with Crippen LogP contribution < -0.4 is 15.2 Å². The number of aromatic carboxylic acids is 1. The number of nitrogens with two attached hydrogens (primary N) is 1. The molecule has 3 aromatic carbocycles. The Balaban J connectivity index is 1.63. The molecule has 0 saturated carbocycles. The van der Waals surface area contributed by atoms with E-state index in [0.29, 0.717) is 34.8 Å². The maximum atomic E-state index is 10.8. The van der Waals surface area contributed by atoms with Crippen molar-refractivity contribution in [1.29, 1.82) is 0 Å². The van der Waals surface area contributed by atoms with Crippen molar-refractivity contribution in [2.75, 3.05) is 0 Å². The quantitative estimate of drug-likeness (QED) is 0.567. The van der Waals surface area contributed by atoms with Crippen LogP contribution in [-0.4, -0.2) is 5.97 Å². The zero-order chi connectivity index (χ0) is 20.8. The fraction of sp³-hybridized carbons (Fsp3) is 0.136. The van der Waals surface area contributed by atoms with Gasteiger partial charge in [-0.05, 0) is 35.9 Å². The number of quaternary nitrogens is 1. The van der Waals surface area contributed by atoms with Crippen molar-refractivity contribution >= 4 is 40.8 Å². The Morgan fingerprint density at radius 1 is 0.862 bits per heavy atom. The number of carboxylic acids is 1. The summed E-state index contributed by atoms with van der Waals surface area (Å²) in [6.45, 7) is 1.64. The molecule has 0 radical (unpaired) electrons. The minimum Gasteiger partial charge on any atom is -0.545 e. The van der Waals surface area contributed by atoms with Gasteiger partial charge < -0.3 is 20.0 Å². The monoisotopic (exact) mass is 449 g/mol. The molecule has 0 spiro atoms. The Morgan fingerprint density at radius 2 is 1.55 bits per heavy atom. The van der Waals surface area contributed by atoms with Gasteiger partial charge >= 0.3 is 0 Å². The highest BCUT2D eigenvalue weighted by Gasteiger charge is 2.09. The number of halogens is 3. The standard InChI is InChI=1S/C22H18Cl3NO3/c23-18-7-8-21(29-13-16-5-6-19(24)10-20(16)25)17(9-18)12-26-11-14-1-3-15(4-2-14)22(27)28/h1-10,26H,11-13H2,(H,27,28). The molecule has 0 bridgehead atoms. The Bertz CT molecular complexity index is 1010. The lowest BCUT2D eigenvalue weighted by atomic mass is 10.1. The topological polar surface area (TPSA) is 66.0 Å². The number of rotatable bonds is 8. The fourth-order valence-electron chi connectivity index (χ4n) is 2.81. The van der Waals surface area contributed by atoms with Crippen LogP contribution in [0.3, 0.4) is 0 Å². The molecule has 0 aliphatic rings. The fourth-order valence-corrected chi connectivity index (χ4v) is 3.47. The van der Waals surface area contributed by atoms with Crippen LogP contribution in [0, 0.1) is 0 Å². The van der Waals surface area contributed by atoms with Gasteiger partial charge in [-0.2, -0.15) is 0 Å². The number of carbonyl (C=O) groups excluding carboxylic acids is 1. The van der Waals surface area contributed by atoms with Gasteiger partial charge in [0.1, 0.15) is 25.4 Å². The second-order valence-corrected chi connectivity index (χ2v) is 7.74. The zero-order valence-electron chi connectivity index (χ0n) is 15.3. The first kappa shape index (κ1) is 21.5. The van der Waals surface area contributed by atoms with Gasteiger partial charge in [0.2, 0.25) is 0 Å². The molecule has 4 nitrogen and oxygen atoms in total. The van der Waals surface area contributed by atoms with Gasteiger partial charge in [-0.3, -0.25) is 0 Å². The first-order valence-electron chi connectivity index (χ1n) is 8.89. The normalized spacial score (nSPS) is 10.7. The van der Waals surface area contributed by atoms with Crippen LogP contribution in [0.5, 0.6) is 5.75 Å². The molecule has 3 rings (SSSR count). The van der Waals surface area contributed by atoms with E-state index in [2.05, 4.69) is 5.32 Å². The van der Waals surface area contributed by atoms with E-state index in [1.165, 1.54) is 0 Å². The van der Waals surface area contributed by atoms with E-state index in [4.69, 9.17) is 39.5 Å². The van der Waals surface area contributed by atoms with E-state index in [-0.39, 0.29) is 5.56 Å². The van der Waals surface area contributed by atoms with Crippen LogP contribution >= 0.6 is 34.8 Å². The third kappa shape index (κ3) is 6.12. The van der Waals surface area contributed by atoms with E-state index in [1.807, 2.05) is 18.2 Å². The largest absolute Gasteiger partial charge is 0.545 e. The van der Waals surface area contributed by atoms with Crippen molar-refractivity contribution in [2.45, 2.75) is 19.7 Å². The number of ether oxygens (including phenoxy) is 1. The summed E-state index contributed by atoms with van der Waals surface area (Å²) >= 11 is 18.3. The van der Waals surface area contributed by atoms with E-state index in [0.717, 1.165) is 22.4 Å². The number of carboxylic acid groups (broad SMARTS) is 1. The summed E-state index contributed by atoms with van der Waals surface area (Å²) in [5.41, 5.74) is 2.97. The number of carbonyl (C=O) groups is 1. The molecule has 0 saturated heterocycles. The van der Waals surface area contributed by atoms with Crippen molar-refractivity contribution in [3.63, 3.8) is 0 Å². The summed E-state index contributed by atoms with van der Waals surface area (Å²) < 4.78 is 5.97. The molecule has 0 aliphatic carbocycles. The Kier molecular flexibility index (Phi) is 7.40. The summed E-state index contributed by atoms with van der Waals surface area (Å²) in [5, 5.41) is 14.7. The van der Waals surface area contributed by atoms with Gasteiger partial charge in [0.25, 0.3) is 0 Å². The highest BCUT2D eigenvalue weighted by atomic mass is 35.5. The molecule has 0 aromatic heterocycles. The van der Waals surface area contributed by atoms with Gasteiger partial charge in [0.05, 0.1) is 5.97 Å². The summed E-state index contributed by atoms with van der Waals surface area (Å²) in [6, 6.07) is 17.4. The Hall–Kier alpha value is -2.24. The highest BCUT2D eigenvalue weighted by Crippen LogP contribution is 2.26. The third-order valence-electron chi connectivity index (χ3n) is 4.35. The average Bonchev–Trinajstić information content (AvgIpc) is 2.69. The van der Waals surface area contributed by atoms with Crippen molar-refractivity contribution in [3.05, 3.63) is 98.0 Å². The van der Waals surface area contributed by atoms with Gasteiger partial charge in [-0.25, -0.2) is 0 Å². The van der Waals surface area contributed by atoms with Crippen molar-refractivity contribution in [3.8, 4) is 5.75 Å². The second kappa shape index (κ2) is 9.99. The van der Waals surface area contributed by atoms with Gasteiger partial charge in [0.15, 0.2) is 0 Å². The van der Waals surface area contributed by atoms with E-state index in [1.54, 1.807) is 42.5 Å². The van der Waals surface area contributed by atoms with E-state index >= 15 is 0 Å². The molecule has 3 aromatic rings. The van der Waals surface area contributed by atoms with Crippen LogP contribution in [0.25, 0.3) is 0 Å². The van der Waals surface area contributed by atoms with Gasteiger partial charge in [0, 0.05) is 31.8 Å². The predicted molar refractivity (Wildman–Crippen MR) is 112 cm³/mol. The van der Waals surface area contributed by atoms with Gasteiger partial charge in [-0.1, -0.05) is 65.1 Å². The molecule has 7 heteroatoms. The first-order valence-corrected chi connectivity index (χ1v) is 10.0. The lowest BCUT2D eigenvalue weighted by Crippen LogP contribution is -2.80. The predicted octanol–water partition coefficient (Wildman–Crippen LogP) is 3.85. The number of benzene rings is 3. The summed E-state index contributed by atoms with van der Waals surface area (Å²) in [7, 11) is 0. The van der Waals surface area contributed by atoms with Crippen molar-refractivity contribution in [2.24, 2.45) is 0 Å². The second-order valence-electron chi connectivity index (χ2n) is 6.46. The molecule has 150 valence electrons. The van der Waals surface area contributed by atoms with E-state index in [9.17, 15) is 9.90 Å². The number of hydrogen-bond donors (Lipinski definition) is 1. The minimum absolute atomic E-state index is 0.167. The average molecular weight is 451 g/mol. The Morgan fingerprint density at radius 3 is 2.24 bits per heavy atom. The van der Waals surface area contributed by atoms with Crippen LogP contribution in [0.4, 0.5) is 0 Å². The van der Waals surface area contributed by atoms with E-state index < -0.39 is 5.97 Å². The minimum atomic E-state index is -1.18. The Labute approximate surface area is 184 Å². The first-order chi connectivity index (χ1) is 13.9. The molecule has 0 aliphatic heterocycles. The van der Waals surface area contributed by atoms with Crippen LogP contribution in [-0.2, 0) is 19.7 Å². The van der Waals surface area contributed by atoms with Crippen molar-refractivity contribution in [1.82, 2.24) is 0 Å². The van der Waals surface area contributed by atoms with Crippen LogP contribution in [0.2, 0.25) is 15.1 Å². The van der Waals surface area contributed by atoms with Crippen LogP contribution in [0.1, 0.15) is 27.0 Å². The summed E-state index contributed by atoms with van der Waals surface area (Å²) in [5.74, 6) is -0.453. The highest BCUT2D eigenvalue weighted by molar-refractivity contribution is 6.35. The maximum absolute atomic E-state index is 10.8. The van der Waals surface area contributed by atoms with Gasteiger partial charge in [-0.15, -0.1) is 0 Å². The molecule has 0 atom stereocenters. The lowest BCUT2D eigenvalue weighted by Gasteiger charge is -2.13. The molecule has 0 heterocycles. The summed E-state index contributed by atoms with van der Waals surface area (Å²) in [4.78, 5) is 10.8. The molecular formula is C22H18Cl3NO3. The lowest BCUT2D eigenvalue weighted by molar-refractivity contribution is -0.686.